The van der Waals surface area contributed by atoms with E-state index in [1.807, 2.05) is 6.07 Å². The predicted molar refractivity (Wildman–Crippen MR) is 259 cm³/mol. The smallest absolute Gasteiger partial charge is 0.166 e. The minimum absolute atomic E-state index is 0.0510. The van der Waals surface area contributed by atoms with Crippen LogP contribution in [-0.2, 0) is 30.1 Å². The van der Waals surface area contributed by atoms with Gasteiger partial charge < -0.3 is 0 Å². The molecule has 5 aliphatic carbocycles. The molecule has 5 fully saturated rings. The first-order chi connectivity index (χ1) is 33.2. The Kier molecular flexibility index (Phi) is 16.8. The van der Waals surface area contributed by atoms with E-state index in [0.717, 1.165) is 128 Å². The average molecular weight is 1030 g/mol. The van der Waals surface area contributed by atoms with E-state index in [9.17, 15) is 52.7 Å². The van der Waals surface area contributed by atoms with Crippen LogP contribution in [0.1, 0.15) is 182 Å². The van der Waals surface area contributed by atoms with E-state index in [4.69, 9.17) is 6.42 Å². The van der Waals surface area contributed by atoms with Crippen molar-refractivity contribution < 1.29 is 52.7 Å². The molecule has 3 aromatic carbocycles. The topological polar surface area (TPSA) is 0 Å². The lowest BCUT2D eigenvalue weighted by Crippen LogP contribution is -2.47. The van der Waals surface area contributed by atoms with Crippen molar-refractivity contribution in [2.75, 3.05) is 0 Å². The van der Waals surface area contributed by atoms with Gasteiger partial charge in [0.05, 0.1) is 27.9 Å². The van der Waals surface area contributed by atoms with Gasteiger partial charge in [0.25, 0.3) is 0 Å². The highest BCUT2D eigenvalue weighted by Crippen LogP contribution is 2.64. The average Bonchev–Trinajstić information content (AvgIpc) is 4.04. The summed E-state index contributed by atoms with van der Waals surface area (Å²) in [7, 11) is -3.74. The molecule has 0 aromatic heterocycles. The molecule has 384 valence electrons. The van der Waals surface area contributed by atoms with Crippen molar-refractivity contribution in [2.24, 2.45) is 23.7 Å². The third-order valence-electron chi connectivity index (χ3n) is 17.2. The number of alkyl halides is 12. The molecular weight excluding hydrogens is 963 g/mol. The molecule has 0 heterocycles. The predicted octanol–water partition coefficient (Wildman–Crippen LogP) is 17.9. The normalized spacial score (nSPS) is 26.0. The maximum atomic E-state index is 14.8. The van der Waals surface area contributed by atoms with E-state index < -0.39 is 90.4 Å². The monoisotopic (exact) mass is 1030 g/mol. The number of benzene rings is 3. The first-order valence-electron chi connectivity index (χ1n) is 25.9. The molecule has 70 heavy (non-hydrogen) atoms. The minimum atomic E-state index is -5.34. The zero-order valence-electron chi connectivity index (χ0n) is 39.8. The van der Waals surface area contributed by atoms with Gasteiger partial charge in [-0.05, 0) is 159 Å². The van der Waals surface area contributed by atoms with Crippen LogP contribution in [0.3, 0.4) is 0 Å². The number of hydrogen-bond acceptors (Lipinski definition) is 0. The lowest BCUT2D eigenvalue weighted by molar-refractivity contribution is -0.144. The standard InChI is InChI=1S/C56H66F12P2/c1-2-50(70(46-33-40(53(57,58)59)31-41(34-46)54(60,61)62)47-35-42(55(63,64)65)32-43(36-47)56(66,67)68)48-26-16-30-52(48,39-20-7-3-6-17-38(28-29-39)37-18-12-13-19-37)49-25-14-15-27-51(49)69(44-21-8-4-9-22-44)45-23-10-5-11-24-45/h1,14-15,25,27,31-39,44-45,48,50H,3-13,16-24,26,28-30H2. The van der Waals surface area contributed by atoms with Crippen molar-refractivity contribution in [1.82, 2.24) is 0 Å². The van der Waals surface area contributed by atoms with E-state index >= 15 is 0 Å². The van der Waals surface area contributed by atoms with Gasteiger partial charge in [-0.3, -0.25) is 0 Å². The van der Waals surface area contributed by atoms with E-state index in [-0.39, 0.29) is 18.1 Å². The second-order valence-electron chi connectivity index (χ2n) is 21.3. The van der Waals surface area contributed by atoms with Crippen molar-refractivity contribution in [3.8, 4) is 12.3 Å². The summed E-state index contributed by atoms with van der Waals surface area (Å²) < 4.78 is 178. The highest BCUT2D eigenvalue weighted by atomic mass is 31.1. The van der Waals surface area contributed by atoms with Gasteiger partial charge in [0.1, 0.15) is 0 Å². The Bertz CT molecular complexity index is 2100. The highest BCUT2D eigenvalue weighted by Gasteiger charge is 2.56. The van der Waals surface area contributed by atoms with Gasteiger partial charge in [-0.1, -0.05) is 134 Å². The van der Waals surface area contributed by atoms with Gasteiger partial charge in [-0.2, -0.15) is 52.7 Å². The molecule has 5 unspecified atom stereocenters. The van der Waals surface area contributed by atoms with Crippen molar-refractivity contribution in [1.29, 1.82) is 0 Å². The van der Waals surface area contributed by atoms with E-state index in [2.05, 4.69) is 24.1 Å². The zero-order chi connectivity index (χ0) is 50.1. The van der Waals surface area contributed by atoms with Crippen molar-refractivity contribution in [3.05, 3.63) is 88.5 Å². The lowest BCUT2D eigenvalue weighted by Gasteiger charge is -2.50. The molecule has 0 nitrogen and oxygen atoms in total. The molecule has 0 N–H and O–H groups in total. The van der Waals surface area contributed by atoms with Crippen molar-refractivity contribution in [3.63, 3.8) is 0 Å². The van der Waals surface area contributed by atoms with Gasteiger partial charge in [-0.25, -0.2) is 0 Å². The molecule has 0 radical (unpaired) electrons. The number of rotatable bonds is 10. The minimum Gasteiger partial charge on any atom is -0.166 e. The van der Waals surface area contributed by atoms with Crippen LogP contribution >= 0.6 is 15.8 Å². The summed E-state index contributed by atoms with van der Waals surface area (Å²) in [5.41, 5.74) is -6.95. The van der Waals surface area contributed by atoms with Crippen LogP contribution in [0.4, 0.5) is 52.7 Å². The van der Waals surface area contributed by atoms with Crippen LogP contribution in [0.2, 0.25) is 0 Å². The molecule has 0 aliphatic heterocycles. The maximum Gasteiger partial charge on any atom is 0.416 e. The Balaban J connectivity index is 1.40. The summed E-state index contributed by atoms with van der Waals surface area (Å²) in [6, 6.07) is 10.4. The molecule has 8 rings (SSSR count). The first-order valence-corrected chi connectivity index (χ1v) is 28.8. The quantitative estimate of drug-likeness (QED) is 0.108. The summed E-state index contributed by atoms with van der Waals surface area (Å²) in [6.45, 7) is 0. The Hall–Kier alpha value is -2.76. The fraction of sp³-hybridized carbons (Fsp3) is 0.643. The molecular formula is C56H66F12P2. The zero-order valence-corrected chi connectivity index (χ0v) is 41.6. The second-order valence-corrected chi connectivity index (χ2v) is 26.4. The summed E-state index contributed by atoms with van der Waals surface area (Å²) >= 11 is 0. The number of terminal acetylenes is 1. The summed E-state index contributed by atoms with van der Waals surface area (Å²) in [6.07, 6.45) is 9.25. The van der Waals surface area contributed by atoms with Crippen LogP contribution in [0, 0.1) is 36.0 Å². The molecule has 3 aromatic rings. The van der Waals surface area contributed by atoms with Crippen molar-refractivity contribution in [2.45, 2.75) is 201 Å². The first kappa shape index (κ1) is 53.5. The van der Waals surface area contributed by atoms with E-state index in [1.54, 1.807) is 0 Å². The maximum absolute atomic E-state index is 14.8. The van der Waals surface area contributed by atoms with Crippen LogP contribution in [0.5, 0.6) is 0 Å². The molecule has 5 aliphatic rings. The third kappa shape index (κ3) is 11.8. The van der Waals surface area contributed by atoms with Crippen molar-refractivity contribution >= 4 is 31.8 Å². The Labute approximate surface area is 408 Å². The van der Waals surface area contributed by atoms with Gasteiger partial charge in [-0.15, -0.1) is 6.42 Å². The van der Waals surface area contributed by atoms with Crippen LogP contribution in [0.15, 0.2) is 60.7 Å². The molecule has 5 atom stereocenters. The summed E-state index contributed by atoms with van der Waals surface area (Å²) in [4.78, 5) is 0. The molecule has 0 saturated heterocycles. The molecule has 0 bridgehead atoms. The van der Waals surface area contributed by atoms with E-state index in [1.165, 1.54) is 18.1 Å². The van der Waals surface area contributed by atoms with Gasteiger partial charge in [0.15, 0.2) is 0 Å². The lowest BCUT2D eigenvalue weighted by atomic mass is 9.60. The van der Waals surface area contributed by atoms with Gasteiger partial charge in [0, 0.05) is 5.41 Å². The third-order valence-corrected chi connectivity index (χ3v) is 23.5. The summed E-state index contributed by atoms with van der Waals surface area (Å²) in [5.74, 6) is 3.14. The molecule has 0 amide bonds. The SMILES string of the molecule is C#CC(C1CCCC1(c1ccccc1P(C1CCCCC1)C1CCCCC1)C1CCCCCC(C2CCCC2)CC1)P(c1cc(C(F)(F)F)cc(C(F)(F)F)c1)c1cc(C(F)(F)F)cc(C(F)(F)F)c1. The molecule has 5 saturated carbocycles. The Morgan fingerprint density at radius 3 is 1.34 bits per heavy atom. The second kappa shape index (κ2) is 22.0. The summed E-state index contributed by atoms with van der Waals surface area (Å²) in [5, 5.41) is -0.0273. The van der Waals surface area contributed by atoms with Gasteiger partial charge >= 0.3 is 24.7 Å². The molecule has 14 heteroatoms. The number of hydrogen-bond donors (Lipinski definition) is 0. The largest absolute Gasteiger partial charge is 0.416 e. The van der Waals surface area contributed by atoms with Crippen LogP contribution < -0.4 is 15.9 Å². The fourth-order valence-corrected chi connectivity index (χ4v) is 21.2. The molecule has 0 spiro atoms. The Morgan fingerprint density at radius 2 is 0.886 bits per heavy atom. The number of halogens is 12. The van der Waals surface area contributed by atoms with Crippen LogP contribution in [-0.4, -0.2) is 17.0 Å². The van der Waals surface area contributed by atoms with Gasteiger partial charge in [0.2, 0.25) is 0 Å². The fourth-order valence-electron chi connectivity index (χ4n) is 14.1. The van der Waals surface area contributed by atoms with Crippen LogP contribution in [0.25, 0.3) is 0 Å². The van der Waals surface area contributed by atoms with E-state index in [0.29, 0.717) is 66.7 Å². The highest BCUT2D eigenvalue weighted by molar-refractivity contribution is 7.74. The Morgan fingerprint density at radius 1 is 0.471 bits per heavy atom.